The van der Waals surface area contributed by atoms with Gasteiger partial charge in [-0.1, -0.05) is 43.3 Å². The second-order valence-corrected chi connectivity index (χ2v) is 8.46. The number of aromatic nitrogens is 2. The van der Waals surface area contributed by atoms with Crippen LogP contribution in [0.4, 0.5) is 16.3 Å². The number of urea groups is 1. The summed E-state index contributed by atoms with van der Waals surface area (Å²) >= 11 is 0. The third-order valence-electron chi connectivity index (χ3n) is 4.11. The topological polar surface area (TPSA) is 93.1 Å². The highest BCUT2D eigenvalue weighted by Crippen LogP contribution is 2.31. The van der Waals surface area contributed by atoms with Gasteiger partial charge in [0.2, 0.25) is 0 Å². The maximum Gasteiger partial charge on any atom is 0.324 e. The number of carbonyl (C=O) groups is 1. The first-order valence-electron chi connectivity index (χ1n) is 8.89. The van der Waals surface area contributed by atoms with Crippen LogP contribution < -0.4 is 10.6 Å². The van der Waals surface area contributed by atoms with Gasteiger partial charge in [-0.3, -0.25) is 10.00 Å². The van der Waals surface area contributed by atoms with E-state index in [4.69, 9.17) is 0 Å². The molecule has 0 atom stereocenters. The van der Waals surface area contributed by atoms with Crippen LogP contribution in [0.25, 0.3) is 11.1 Å². The Morgan fingerprint density at radius 2 is 1.82 bits per heavy atom. The zero-order valence-corrected chi connectivity index (χ0v) is 16.5. The number of amides is 2. The molecule has 1 aromatic heterocycles. The molecule has 7 nitrogen and oxygen atoms in total. The van der Waals surface area contributed by atoms with Gasteiger partial charge in [-0.2, -0.15) is 5.10 Å². The van der Waals surface area contributed by atoms with Gasteiger partial charge in [0.15, 0.2) is 15.7 Å². The van der Waals surface area contributed by atoms with Crippen LogP contribution in [0.3, 0.4) is 0 Å². The molecular weight excluding hydrogens is 376 g/mol. The standard InChI is InChI=1S/C20H22N4O3S/c1-3-13-28(26,27)16-9-10-17(15-7-5-4-6-8-15)18(14-16)21-20(25)22-19-11-12-24(2)23-19/h4-12,14H,3,13H2,1-2H3,(H2,21,22,23,25). The Morgan fingerprint density at radius 3 is 2.46 bits per heavy atom. The van der Waals surface area contributed by atoms with Crippen molar-refractivity contribution < 1.29 is 13.2 Å². The van der Waals surface area contributed by atoms with Crippen molar-refractivity contribution in [1.82, 2.24) is 9.78 Å². The monoisotopic (exact) mass is 398 g/mol. The highest BCUT2D eigenvalue weighted by molar-refractivity contribution is 7.91. The molecule has 146 valence electrons. The van der Waals surface area contributed by atoms with Crippen LogP contribution in [0.2, 0.25) is 0 Å². The maximum absolute atomic E-state index is 12.5. The van der Waals surface area contributed by atoms with Crippen LogP contribution in [-0.4, -0.2) is 30.0 Å². The second kappa shape index (κ2) is 8.26. The predicted octanol–water partition coefficient (Wildman–Crippen LogP) is 3.91. The molecule has 2 amide bonds. The van der Waals surface area contributed by atoms with Gasteiger partial charge in [0, 0.05) is 24.9 Å². The summed E-state index contributed by atoms with van der Waals surface area (Å²) in [5.74, 6) is 0.452. The molecule has 28 heavy (non-hydrogen) atoms. The molecule has 0 aliphatic heterocycles. The summed E-state index contributed by atoms with van der Waals surface area (Å²) in [6.45, 7) is 1.81. The minimum atomic E-state index is -3.41. The first kappa shape index (κ1) is 19.6. The number of nitrogens with zero attached hydrogens (tertiary/aromatic N) is 2. The first-order valence-corrected chi connectivity index (χ1v) is 10.5. The lowest BCUT2D eigenvalue weighted by molar-refractivity contribution is 0.262. The number of rotatable bonds is 6. The average molecular weight is 398 g/mol. The molecule has 0 aliphatic carbocycles. The van der Waals surface area contributed by atoms with Crippen molar-refractivity contribution in [1.29, 1.82) is 0 Å². The van der Waals surface area contributed by atoms with E-state index in [0.29, 0.717) is 17.9 Å². The molecule has 0 fully saturated rings. The highest BCUT2D eigenvalue weighted by atomic mass is 32.2. The van der Waals surface area contributed by atoms with Crippen LogP contribution in [0.5, 0.6) is 0 Å². The minimum absolute atomic E-state index is 0.0528. The number of aryl methyl sites for hydroxylation is 1. The summed E-state index contributed by atoms with van der Waals surface area (Å²) in [7, 11) is -1.66. The fourth-order valence-electron chi connectivity index (χ4n) is 2.83. The van der Waals surface area contributed by atoms with E-state index in [0.717, 1.165) is 11.1 Å². The Bertz CT molecular complexity index is 1080. The molecule has 0 spiro atoms. The van der Waals surface area contributed by atoms with Gasteiger partial charge in [0.05, 0.1) is 16.3 Å². The summed E-state index contributed by atoms with van der Waals surface area (Å²) in [6, 6.07) is 15.4. The maximum atomic E-state index is 12.5. The van der Waals surface area contributed by atoms with Gasteiger partial charge in [0.25, 0.3) is 0 Å². The highest BCUT2D eigenvalue weighted by Gasteiger charge is 2.17. The van der Waals surface area contributed by atoms with E-state index in [1.54, 1.807) is 36.1 Å². The summed E-state index contributed by atoms with van der Waals surface area (Å²) in [5, 5.41) is 9.50. The van der Waals surface area contributed by atoms with Gasteiger partial charge in [-0.05, 0) is 24.1 Å². The molecule has 0 saturated heterocycles. The fraction of sp³-hybridized carbons (Fsp3) is 0.200. The molecular formula is C20H22N4O3S. The summed E-state index contributed by atoms with van der Waals surface area (Å²) in [4.78, 5) is 12.6. The van der Waals surface area contributed by atoms with E-state index >= 15 is 0 Å². The smallest absolute Gasteiger partial charge is 0.307 e. The molecule has 2 aromatic carbocycles. The van der Waals surface area contributed by atoms with Crippen molar-refractivity contribution >= 4 is 27.4 Å². The van der Waals surface area contributed by atoms with Gasteiger partial charge in [-0.15, -0.1) is 0 Å². The summed E-state index contributed by atoms with van der Waals surface area (Å²) < 4.78 is 26.5. The number of carbonyl (C=O) groups excluding carboxylic acids is 1. The van der Waals surface area contributed by atoms with Gasteiger partial charge >= 0.3 is 6.03 Å². The largest absolute Gasteiger partial charge is 0.324 e. The Hall–Kier alpha value is -3.13. The molecule has 0 radical (unpaired) electrons. The van der Waals surface area contributed by atoms with Crippen LogP contribution in [0.1, 0.15) is 13.3 Å². The summed E-state index contributed by atoms with van der Waals surface area (Å²) in [5.41, 5.74) is 2.01. The van der Waals surface area contributed by atoms with Crippen molar-refractivity contribution in [3.8, 4) is 11.1 Å². The Labute approximate surface area is 164 Å². The van der Waals surface area contributed by atoms with E-state index in [2.05, 4.69) is 15.7 Å². The molecule has 2 N–H and O–H groups in total. The van der Waals surface area contributed by atoms with Crippen LogP contribution >= 0.6 is 0 Å². The van der Waals surface area contributed by atoms with Crippen molar-refractivity contribution in [3.05, 3.63) is 60.8 Å². The molecule has 1 heterocycles. The van der Waals surface area contributed by atoms with Crippen LogP contribution in [0, 0.1) is 0 Å². The fourth-order valence-corrected chi connectivity index (χ4v) is 4.17. The van der Waals surface area contributed by atoms with E-state index in [1.165, 1.54) is 6.07 Å². The molecule has 0 saturated carbocycles. The lowest BCUT2D eigenvalue weighted by Gasteiger charge is -2.14. The van der Waals surface area contributed by atoms with Crippen molar-refractivity contribution in [2.75, 3.05) is 16.4 Å². The van der Waals surface area contributed by atoms with E-state index < -0.39 is 15.9 Å². The van der Waals surface area contributed by atoms with Crippen molar-refractivity contribution in [2.45, 2.75) is 18.2 Å². The van der Waals surface area contributed by atoms with Crippen LogP contribution in [0.15, 0.2) is 65.7 Å². The van der Waals surface area contributed by atoms with E-state index in [-0.39, 0.29) is 10.6 Å². The Kier molecular flexibility index (Phi) is 5.79. The predicted molar refractivity (Wildman–Crippen MR) is 110 cm³/mol. The molecule has 0 unspecified atom stereocenters. The molecule has 0 aliphatic rings. The van der Waals surface area contributed by atoms with E-state index in [9.17, 15) is 13.2 Å². The van der Waals surface area contributed by atoms with Gasteiger partial charge < -0.3 is 5.32 Å². The number of hydrogen-bond acceptors (Lipinski definition) is 4. The molecule has 3 aromatic rings. The number of hydrogen-bond donors (Lipinski definition) is 2. The number of benzene rings is 2. The Balaban J connectivity index is 1.96. The lowest BCUT2D eigenvalue weighted by Crippen LogP contribution is -2.20. The SMILES string of the molecule is CCCS(=O)(=O)c1ccc(-c2ccccc2)c(NC(=O)Nc2ccn(C)n2)c1. The molecule has 8 heteroatoms. The number of anilines is 2. The Morgan fingerprint density at radius 1 is 1.07 bits per heavy atom. The average Bonchev–Trinajstić information content (AvgIpc) is 3.07. The third-order valence-corrected chi connectivity index (χ3v) is 6.03. The zero-order chi connectivity index (χ0) is 20.1. The van der Waals surface area contributed by atoms with E-state index in [1.807, 2.05) is 37.3 Å². The molecule has 3 rings (SSSR count). The first-order chi connectivity index (χ1) is 13.4. The lowest BCUT2D eigenvalue weighted by atomic mass is 10.0. The van der Waals surface area contributed by atoms with Crippen LogP contribution in [-0.2, 0) is 16.9 Å². The number of nitrogens with one attached hydrogen (secondary N) is 2. The van der Waals surface area contributed by atoms with Crippen molar-refractivity contribution in [3.63, 3.8) is 0 Å². The van der Waals surface area contributed by atoms with Crippen molar-refractivity contribution in [2.24, 2.45) is 7.05 Å². The second-order valence-electron chi connectivity index (χ2n) is 6.35. The van der Waals surface area contributed by atoms with Gasteiger partial charge in [0.1, 0.15) is 0 Å². The number of sulfone groups is 1. The quantitative estimate of drug-likeness (QED) is 0.658. The normalized spacial score (nSPS) is 11.2. The summed E-state index contributed by atoms with van der Waals surface area (Å²) in [6.07, 6.45) is 2.23. The zero-order valence-electron chi connectivity index (χ0n) is 15.7. The molecule has 0 bridgehead atoms. The van der Waals surface area contributed by atoms with Gasteiger partial charge in [-0.25, -0.2) is 13.2 Å². The minimum Gasteiger partial charge on any atom is -0.307 e. The third kappa shape index (κ3) is 4.58.